The van der Waals surface area contributed by atoms with Gasteiger partial charge in [0.05, 0.1) is 12.0 Å². The lowest BCUT2D eigenvalue weighted by Crippen LogP contribution is -2.29. The molecule has 0 aromatic heterocycles. The number of nitro groups is 1. The standard InChI is InChI=1S/C12H16N2O5S/c1-7(2)6-13-11(16)8(5-9(15)19-3)10(14(17)18)12(13)20-4/h5,7H,6H2,1-4H3/b8-5+. The van der Waals surface area contributed by atoms with Crippen LogP contribution >= 0.6 is 11.8 Å². The van der Waals surface area contributed by atoms with Gasteiger partial charge in [-0.15, -0.1) is 11.8 Å². The average Bonchev–Trinajstić information content (AvgIpc) is 2.62. The lowest BCUT2D eigenvalue weighted by molar-refractivity contribution is -0.420. The molecular weight excluding hydrogens is 284 g/mol. The number of rotatable bonds is 5. The summed E-state index contributed by atoms with van der Waals surface area (Å²) in [6.45, 7) is 4.16. The molecule has 0 spiro atoms. The van der Waals surface area contributed by atoms with Gasteiger partial charge in [0.25, 0.3) is 5.91 Å². The Labute approximate surface area is 120 Å². The number of carbonyl (C=O) groups is 2. The maximum Gasteiger partial charge on any atom is 0.331 e. The van der Waals surface area contributed by atoms with E-state index < -0.39 is 16.8 Å². The fourth-order valence-corrected chi connectivity index (χ4v) is 2.56. The summed E-state index contributed by atoms with van der Waals surface area (Å²) in [5, 5.41) is 11.4. The van der Waals surface area contributed by atoms with E-state index in [4.69, 9.17) is 0 Å². The molecule has 0 aliphatic carbocycles. The molecule has 0 fully saturated rings. The zero-order valence-electron chi connectivity index (χ0n) is 11.7. The van der Waals surface area contributed by atoms with Crippen molar-refractivity contribution >= 4 is 23.6 Å². The molecule has 110 valence electrons. The Balaban J connectivity index is 3.36. The number of hydrogen-bond donors (Lipinski definition) is 0. The molecule has 0 saturated carbocycles. The van der Waals surface area contributed by atoms with Crippen LogP contribution in [-0.4, -0.2) is 41.6 Å². The van der Waals surface area contributed by atoms with Crippen molar-refractivity contribution in [2.75, 3.05) is 19.9 Å². The highest BCUT2D eigenvalue weighted by Crippen LogP contribution is 2.35. The van der Waals surface area contributed by atoms with E-state index in [1.54, 1.807) is 6.26 Å². The summed E-state index contributed by atoms with van der Waals surface area (Å²) in [7, 11) is 1.15. The summed E-state index contributed by atoms with van der Waals surface area (Å²) in [6.07, 6.45) is 2.53. The second-order valence-corrected chi connectivity index (χ2v) is 5.30. The molecule has 1 heterocycles. The van der Waals surface area contributed by atoms with Crippen LogP contribution in [0.2, 0.25) is 0 Å². The van der Waals surface area contributed by atoms with Crippen molar-refractivity contribution in [3.8, 4) is 0 Å². The third-order valence-corrected chi connectivity index (χ3v) is 3.37. The van der Waals surface area contributed by atoms with Gasteiger partial charge in [0.15, 0.2) is 5.03 Å². The highest BCUT2D eigenvalue weighted by Gasteiger charge is 2.43. The first kappa shape index (κ1) is 16.2. The maximum absolute atomic E-state index is 12.3. The Morgan fingerprint density at radius 3 is 2.55 bits per heavy atom. The van der Waals surface area contributed by atoms with Crippen molar-refractivity contribution in [2.24, 2.45) is 5.92 Å². The topological polar surface area (TPSA) is 89.8 Å². The second-order valence-electron chi connectivity index (χ2n) is 4.51. The smallest absolute Gasteiger partial charge is 0.331 e. The molecule has 7 nitrogen and oxygen atoms in total. The average molecular weight is 300 g/mol. The highest BCUT2D eigenvalue weighted by atomic mass is 32.2. The number of hydrogen-bond acceptors (Lipinski definition) is 6. The zero-order chi connectivity index (χ0) is 15.4. The molecule has 0 bridgehead atoms. The van der Waals surface area contributed by atoms with E-state index in [1.165, 1.54) is 4.90 Å². The second kappa shape index (κ2) is 6.56. The Morgan fingerprint density at radius 2 is 2.15 bits per heavy atom. The molecule has 1 aliphatic rings. The minimum atomic E-state index is -0.792. The van der Waals surface area contributed by atoms with Gasteiger partial charge in [-0.25, -0.2) is 4.79 Å². The Morgan fingerprint density at radius 1 is 1.55 bits per heavy atom. The number of esters is 1. The van der Waals surface area contributed by atoms with E-state index in [-0.39, 0.29) is 22.2 Å². The van der Waals surface area contributed by atoms with Crippen LogP contribution in [0.25, 0.3) is 0 Å². The van der Waals surface area contributed by atoms with Gasteiger partial charge in [0, 0.05) is 12.6 Å². The minimum Gasteiger partial charge on any atom is -0.466 e. The van der Waals surface area contributed by atoms with Crippen LogP contribution in [-0.2, 0) is 14.3 Å². The quantitative estimate of drug-likeness (QED) is 0.330. The van der Waals surface area contributed by atoms with Crippen LogP contribution in [0.1, 0.15) is 13.8 Å². The van der Waals surface area contributed by atoms with E-state index in [9.17, 15) is 19.7 Å². The summed E-state index contributed by atoms with van der Waals surface area (Å²) in [4.78, 5) is 35.4. The van der Waals surface area contributed by atoms with Gasteiger partial charge in [-0.2, -0.15) is 0 Å². The van der Waals surface area contributed by atoms with Crippen molar-refractivity contribution in [3.63, 3.8) is 0 Å². The van der Waals surface area contributed by atoms with E-state index in [2.05, 4.69) is 4.74 Å². The zero-order valence-corrected chi connectivity index (χ0v) is 12.5. The number of nitrogens with zero attached hydrogens (tertiary/aromatic N) is 2. The third-order valence-electron chi connectivity index (χ3n) is 2.57. The Bertz CT molecular complexity index is 510. The van der Waals surface area contributed by atoms with Gasteiger partial charge in [-0.1, -0.05) is 13.8 Å². The first-order valence-electron chi connectivity index (χ1n) is 5.88. The van der Waals surface area contributed by atoms with Crippen LogP contribution < -0.4 is 0 Å². The summed E-state index contributed by atoms with van der Waals surface area (Å²) >= 11 is 1.11. The summed E-state index contributed by atoms with van der Waals surface area (Å²) in [5.41, 5.74) is -0.569. The molecule has 0 atom stereocenters. The maximum atomic E-state index is 12.3. The van der Waals surface area contributed by atoms with Crippen LogP contribution in [0, 0.1) is 16.0 Å². The molecule has 20 heavy (non-hydrogen) atoms. The molecular formula is C12H16N2O5S. The van der Waals surface area contributed by atoms with Gasteiger partial charge in [-0.05, 0) is 12.2 Å². The van der Waals surface area contributed by atoms with Crippen molar-refractivity contribution in [2.45, 2.75) is 13.8 Å². The normalized spacial score (nSPS) is 17.4. The van der Waals surface area contributed by atoms with Crippen LogP contribution in [0.3, 0.4) is 0 Å². The van der Waals surface area contributed by atoms with E-state index in [1.807, 2.05) is 13.8 Å². The van der Waals surface area contributed by atoms with Gasteiger partial charge >= 0.3 is 11.7 Å². The summed E-state index contributed by atoms with van der Waals surface area (Å²) in [5.74, 6) is -1.19. The van der Waals surface area contributed by atoms with Crippen molar-refractivity contribution in [1.29, 1.82) is 0 Å². The molecule has 1 rings (SSSR count). The largest absolute Gasteiger partial charge is 0.466 e. The molecule has 0 aromatic carbocycles. The Kier molecular flexibility index (Phi) is 5.32. The first-order chi connectivity index (χ1) is 9.33. The van der Waals surface area contributed by atoms with Gasteiger partial charge in [0.1, 0.15) is 5.57 Å². The van der Waals surface area contributed by atoms with Gasteiger partial charge < -0.3 is 4.74 Å². The molecule has 0 saturated heterocycles. The lowest BCUT2D eigenvalue weighted by Gasteiger charge is -2.19. The molecule has 0 N–H and O–H groups in total. The number of thioether (sulfide) groups is 1. The number of methoxy groups -OCH3 is 1. The number of carbonyl (C=O) groups excluding carboxylic acids is 2. The fourth-order valence-electron chi connectivity index (χ4n) is 1.80. The van der Waals surface area contributed by atoms with Crippen molar-refractivity contribution in [3.05, 3.63) is 32.5 Å². The lowest BCUT2D eigenvalue weighted by atomic mass is 10.2. The molecule has 1 amide bonds. The van der Waals surface area contributed by atoms with Gasteiger partial charge in [-0.3, -0.25) is 19.8 Å². The van der Waals surface area contributed by atoms with Crippen LogP contribution in [0.15, 0.2) is 22.4 Å². The monoisotopic (exact) mass is 300 g/mol. The van der Waals surface area contributed by atoms with E-state index >= 15 is 0 Å². The van der Waals surface area contributed by atoms with Crippen molar-refractivity contribution in [1.82, 2.24) is 4.90 Å². The predicted molar refractivity (Wildman–Crippen MR) is 74.2 cm³/mol. The molecule has 0 radical (unpaired) electrons. The number of amides is 1. The SMILES string of the molecule is COC(=O)/C=C1/C(=O)N(CC(C)C)C(SC)=C1[N+](=O)[O-]. The van der Waals surface area contributed by atoms with Crippen molar-refractivity contribution < 1.29 is 19.2 Å². The first-order valence-corrected chi connectivity index (χ1v) is 7.10. The molecule has 0 unspecified atom stereocenters. The fraction of sp³-hybridized carbons (Fsp3) is 0.500. The highest BCUT2D eigenvalue weighted by molar-refractivity contribution is 8.02. The van der Waals surface area contributed by atoms with E-state index in [0.717, 1.165) is 24.9 Å². The minimum absolute atomic E-state index is 0.145. The third kappa shape index (κ3) is 3.19. The van der Waals surface area contributed by atoms with Crippen LogP contribution in [0.4, 0.5) is 0 Å². The summed E-state index contributed by atoms with van der Waals surface area (Å²) in [6, 6.07) is 0. The van der Waals surface area contributed by atoms with E-state index in [0.29, 0.717) is 6.54 Å². The van der Waals surface area contributed by atoms with Crippen LogP contribution in [0.5, 0.6) is 0 Å². The molecule has 0 aromatic rings. The molecule has 8 heteroatoms. The molecule has 1 aliphatic heterocycles. The number of ether oxygens (including phenoxy) is 1. The predicted octanol–water partition coefficient (Wildman–Crippen LogP) is 1.39. The summed E-state index contributed by atoms with van der Waals surface area (Å²) < 4.78 is 4.44. The van der Waals surface area contributed by atoms with Gasteiger partial charge in [0.2, 0.25) is 0 Å². The Hall–Kier alpha value is -1.83.